The first-order valence-electron chi connectivity index (χ1n) is 8.21. The van der Waals surface area contributed by atoms with Crippen molar-refractivity contribution >= 4 is 17.5 Å². The molecule has 118 valence electrons. The summed E-state index contributed by atoms with van der Waals surface area (Å²) in [7, 11) is 0. The van der Waals surface area contributed by atoms with Gasteiger partial charge >= 0.3 is 11.8 Å². The van der Waals surface area contributed by atoms with Gasteiger partial charge < -0.3 is 10.6 Å². The minimum atomic E-state index is -0.584. The number of anilines is 1. The van der Waals surface area contributed by atoms with E-state index < -0.39 is 11.8 Å². The fourth-order valence-corrected chi connectivity index (χ4v) is 4.11. The maximum atomic E-state index is 12.1. The van der Waals surface area contributed by atoms with Crippen LogP contribution >= 0.6 is 0 Å². The Labute approximate surface area is 131 Å². The maximum Gasteiger partial charge on any atom is 0.313 e. The summed E-state index contributed by atoms with van der Waals surface area (Å²) in [6.07, 6.45) is 5.13. The van der Waals surface area contributed by atoms with Gasteiger partial charge in [0.2, 0.25) is 0 Å². The number of carbonyl (C=O) groups excluding carboxylic acids is 2. The Bertz CT molecular complexity index is 567. The number of benzene rings is 1. The van der Waals surface area contributed by atoms with Crippen LogP contribution in [-0.2, 0) is 9.59 Å². The van der Waals surface area contributed by atoms with Gasteiger partial charge in [-0.3, -0.25) is 9.59 Å². The first-order valence-corrected chi connectivity index (χ1v) is 8.21. The van der Waals surface area contributed by atoms with Crippen molar-refractivity contribution in [3.8, 4) is 0 Å². The van der Waals surface area contributed by atoms with E-state index in [1.807, 2.05) is 26.0 Å². The number of hydrogen-bond donors (Lipinski definition) is 2. The van der Waals surface area contributed by atoms with Gasteiger partial charge in [-0.2, -0.15) is 0 Å². The molecule has 1 aromatic rings. The van der Waals surface area contributed by atoms with Crippen LogP contribution in [0.25, 0.3) is 0 Å². The van der Waals surface area contributed by atoms with E-state index in [4.69, 9.17) is 0 Å². The second-order valence-electron chi connectivity index (χ2n) is 6.92. The number of aryl methyl sites for hydroxylation is 1. The SMILES string of the molecule is Cc1ccc(NC(=O)C(=O)NC(C)C2CC3CCC2C3)cc1. The normalized spacial score (nSPS) is 27.5. The third-order valence-corrected chi connectivity index (χ3v) is 5.31. The van der Waals surface area contributed by atoms with Gasteiger partial charge in [0.1, 0.15) is 0 Å². The zero-order valence-corrected chi connectivity index (χ0v) is 13.3. The number of fused-ring (bicyclic) bond motifs is 2. The van der Waals surface area contributed by atoms with E-state index in [1.54, 1.807) is 12.1 Å². The smallest absolute Gasteiger partial charge is 0.313 e. The van der Waals surface area contributed by atoms with Gasteiger partial charge in [-0.1, -0.05) is 24.1 Å². The van der Waals surface area contributed by atoms with E-state index in [9.17, 15) is 9.59 Å². The van der Waals surface area contributed by atoms with Gasteiger partial charge in [0.25, 0.3) is 0 Å². The van der Waals surface area contributed by atoms with E-state index in [2.05, 4.69) is 10.6 Å². The van der Waals surface area contributed by atoms with Crippen molar-refractivity contribution in [3.05, 3.63) is 29.8 Å². The predicted octanol–water partition coefficient (Wildman–Crippen LogP) is 2.87. The summed E-state index contributed by atoms with van der Waals surface area (Å²) in [6.45, 7) is 4.01. The van der Waals surface area contributed by atoms with Crippen LogP contribution in [0.1, 0.15) is 38.2 Å². The Kier molecular flexibility index (Phi) is 4.19. The molecule has 2 fully saturated rings. The van der Waals surface area contributed by atoms with Crippen LogP contribution in [0.3, 0.4) is 0 Å². The van der Waals surface area contributed by atoms with Crippen molar-refractivity contribution in [1.29, 1.82) is 0 Å². The van der Waals surface area contributed by atoms with Crippen LogP contribution in [0.4, 0.5) is 5.69 Å². The molecule has 2 bridgehead atoms. The zero-order chi connectivity index (χ0) is 15.7. The fraction of sp³-hybridized carbons (Fsp3) is 0.556. The molecule has 0 heterocycles. The Hall–Kier alpha value is -1.84. The lowest BCUT2D eigenvalue weighted by molar-refractivity contribution is -0.136. The molecule has 3 rings (SSSR count). The molecule has 0 aliphatic heterocycles. The first-order chi connectivity index (χ1) is 10.5. The molecule has 0 spiro atoms. The molecule has 2 saturated carbocycles. The van der Waals surface area contributed by atoms with Gasteiger partial charge in [0.05, 0.1) is 0 Å². The standard InChI is InChI=1S/C18H24N2O2/c1-11-3-7-15(8-4-11)20-18(22)17(21)19-12(2)16-10-13-5-6-14(16)9-13/h3-4,7-8,12-14,16H,5-6,9-10H2,1-2H3,(H,19,21)(H,20,22). The molecule has 0 saturated heterocycles. The van der Waals surface area contributed by atoms with Crippen LogP contribution in [0.15, 0.2) is 24.3 Å². The number of hydrogen-bond acceptors (Lipinski definition) is 2. The number of rotatable bonds is 3. The van der Waals surface area contributed by atoms with Gasteiger partial charge in [0, 0.05) is 11.7 Å². The lowest BCUT2D eigenvalue weighted by Gasteiger charge is -2.28. The maximum absolute atomic E-state index is 12.1. The predicted molar refractivity (Wildman–Crippen MR) is 86.4 cm³/mol. The molecule has 2 aliphatic rings. The molecular formula is C18H24N2O2. The van der Waals surface area contributed by atoms with Gasteiger partial charge in [-0.15, -0.1) is 0 Å². The fourth-order valence-electron chi connectivity index (χ4n) is 4.11. The molecular weight excluding hydrogens is 276 g/mol. The average molecular weight is 300 g/mol. The highest BCUT2D eigenvalue weighted by Crippen LogP contribution is 2.49. The molecule has 1 aromatic carbocycles. The summed E-state index contributed by atoms with van der Waals surface area (Å²) in [4.78, 5) is 24.0. The van der Waals surface area contributed by atoms with E-state index in [1.165, 1.54) is 25.7 Å². The van der Waals surface area contributed by atoms with Crippen molar-refractivity contribution in [1.82, 2.24) is 5.32 Å². The zero-order valence-electron chi connectivity index (χ0n) is 13.3. The third-order valence-electron chi connectivity index (χ3n) is 5.31. The van der Waals surface area contributed by atoms with Gasteiger partial charge in [0.15, 0.2) is 0 Å². The summed E-state index contributed by atoms with van der Waals surface area (Å²) in [6, 6.07) is 7.50. The van der Waals surface area contributed by atoms with E-state index in [-0.39, 0.29) is 6.04 Å². The lowest BCUT2D eigenvalue weighted by atomic mass is 9.84. The Morgan fingerprint density at radius 2 is 1.82 bits per heavy atom. The Morgan fingerprint density at radius 1 is 1.09 bits per heavy atom. The number of carbonyl (C=O) groups is 2. The summed E-state index contributed by atoms with van der Waals surface area (Å²) in [5.74, 6) is 1.00. The Morgan fingerprint density at radius 3 is 2.41 bits per heavy atom. The third kappa shape index (κ3) is 3.16. The van der Waals surface area contributed by atoms with Crippen molar-refractivity contribution in [2.45, 2.75) is 45.6 Å². The van der Waals surface area contributed by atoms with Crippen molar-refractivity contribution < 1.29 is 9.59 Å². The summed E-state index contributed by atoms with van der Waals surface area (Å²) < 4.78 is 0. The van der Waals surface area contributed by atoms with Gasteiger partial charge in [-0.05, 0) is 63.0 Å². The number of amides is 2. The van der Waals surface area contributed by atoms with E-state index in [0.29, 0.717) is 11.6 Å². The van der Waals surface area contributed by atoms with Crippen LogP contribution in [0.2, 0.25) is 0 Å². The van der Waals surface area contributed by atoms with Crippen LogP contribution in [0, 0.1) is 24.7 Å². The highest BCUT2D eigenvalue weighted by Gasteiger charge is 2.42. The quantitative estimate of drug-likeness (QED) is 0.843. The largest absolute Gasteiger partial charge is 0.345 e. The molecule has 4 unspecified atom stereocenters. The average Bonchev–Trinajstić information content (AvgIpc) is 3.12. The molecule has 22 heavy (non-hydrogen) atoms. The summed E-state index contributed by atoms with van der Waals surface area (Å²) >= 11 is 0. The molecule has 4 nitrogen and oxygen atoms in total. The van der Waals surface area contributed by atoms with Crippen molar-refractivity contribution in [2.75, 3.05) is 5.32 Å². The molecule has 2 N–H and O–H groups in total. The monoisotopic (exact) mass is 300 g/mol. The minimum Gasteiger partial charge on any atom is -0.345 e. The summed E-state index contributed by atoms with van der Waals surface area (Å²) in [5.41, 5.74) is 1.77. The van der Waals surface area contributed by atoms with Gasteiger partial charge in [-0.25, -0.2) is 0 Å². The molecule has 2 aliphatic carbocycles. The molecule has 4 atom stereocenters. The highest BCUT2D eigenvalue weighted by atomic mass is 16.2. The van der Waals surface area contributed by atoms with Crippen molar-refractivity contribution in [2.24, 2.45) is 17.8 Å². The minimum absolute atomic E-state index is 0.0755. The lowest BCUT2D eigenvalue weighted by Crippen LogP contribution is -2.45. The van der Waals surface area contributed by atoms with Crippen LogP contribution in [-0.4, -0.2) is 17.9 Å². The summed E-state index contributed by atoms with van der Waals surface area (Å²) in [5, 5.41) is 5.53. The first kappa shape index (κ1) is 15.1. The molecule has 2 amide bonds. The molecule has 0 radical (unpaired) electrons. The Balaban J connectivity index is 1.52. The van der Waals surface area contributed by atoms with Crippen LogP contribution in [0.5, 0.6) is 0 Å². The number of nitrogens with one attached hydrogen (secondary N) is 2. The van der Waals surface area contributed by atoms with Crippen molar-refractivity contribution in [3.63, 3.8) is 0 Å². The van der Waals surface area contributed by atoms with E-state index >= 15 is 0 Å². The highest BCUT2D eigenvalue weighted by molar-refractivity contribution is 6.39. The second-order valence-corrected chi connectivity index (χ2v) is 6.92. The second kappa shape index (κ2) is 6.11. The molecule has 4 heteroatoms. The molecule has 0 aromatic heterocycles. The van der Waals surface area contributed by atoms with Crippen LogP contribution < -0.4 is 10.6 Å². The topological polar surface area (TPSA) is 58.2 Å². The van der Waals surface area contributed by atoms with E-state index in [0.717, 1.165) is 17.4 Å².